The second-order valence-corrected chi connectivity index (χ2v) is 5.10. The summed E-state index contributed by atoms with van der Waals surface area (Å²) >= 11 is 0. The number of hydrogen-bond donors (Lipinski definition) is 2. The number of rotatable bonds is 4. The lowest BCUT2D eigenvalue weighted by atomic mass is 10.2. The Morgan fingerprint density at radius 2 is 2.00 bits per heavy atom. The Balaban J connectivity index is 2.87. The smallest absolute Gasteiger partial charge is 0.240 e. The summed E-state index contributed by atoms with van der Waals surface area (Å²) in [5.41, 5.74) is 0.398. The maximum absolute atomic E-state index is 11.6. The van der Waals surface area contributed by atoms with Crippen LogP contribution in [0, 0.1) is 11.3 Å². The molecule has 0 saturated heterocycles. The average Bonchev–Trinajstić information content (AvgIpc) is 2.27. The van der Waals surface area contributed by atoms with Crippen molar-refractivity contribution in [1.82, 2.24) is 4.72 Å². The van der Waals surface area contributed by atoms with Crippen LogP contribution in [0.25, 0.3) is 0 Å². The molecule has 86 valence electrons. The molecule has 2 N–H and O–H groups in total. The molecule has 0 saturated carbocycles. The lowest BCUT2D eigenvalue weighted by molar-refractivity contribution is 0.198. The van der Waals surface area contributed by atoms with Crippen LogP contribution in [0.1, 0.15) is 12.5 Å². The molecular weight excluding hydrogens is 228 g/mol. The number of hydrogen-bond acceptors (Lipinski definition) is 4. The van der Waals surface area contributed by atoms with E-state index in [4.69, 9.17) is 10.4 Å². The largest absolute Gasteiger partial charge is 0.392 e. The van der Waals surface area contributed by atoms with Gasteiger partial charge in [0.15, 0.2) is 0 Å². The minimum Gasteiger partial charge on any atom is -0.392 e. The Kier molecular flexibility index (Phi) is 4.01. The fourth-order valence-electron chi connectivity index (χ4n) is 1.02. The van der Waals surface area contributed by atoms with Gasteiger partial charge in [0.1, 0.15) is 0 Å². The van der Waals surface area contributed by atoms with Gasteiger partial charge in [-0.05, 0) is 31.2 Å². The average molecular weight is 240 g/mol. The van der Waals surface area contributed by atoms with Crippen LogP contribution in [-0.2, 0) is 10.0 Å². The molecule has 0 unspecified atom stereocenters. The predicted molar refractivity (Wildman–Crippen MR) is 58.0 cm³/mol. The number of nitriles is 1. The molecule has 0 bridgehead atoms. The van der Waals surface area contributed by atoms with Gasteiger partial charge in [-0.1, -0.05) is 0 Å². The van der Waals surface area contributed by atoms with Gasteiger partial charge in [0.25, 0.3) is 0 Å². The second kappa shape index (κ2) is 5.07. The second-order valence-electron chi connectivity index (χ2n) is 3.34. The van der Waals surface area contributed by atoms with Crippen molar-refractivity contribution in [2.45, 2.75) is 17.9 Å². The van der Waals surface area contributed by atoms with E-state index in [1.807, 2.05) is 6.07 Å². The van der Waals surface area contributed by atoms with Gasteiger partial charge in [-0.3, -0.25) is 0 Å². The van der Waals surface area contributed by atoms with Crippen LogP contribution < -0.4 is 4.72 Å². The lowest BCUT2D eigenvalue weighted by Gasteiger charge is -2.08. The molecule has 0 radical (unpaired) electrons. The van der Waals surface area contributed by atoms with Gasteiger partial charge in [0, 0.05) is 6.54 Å². The highest BCUT2D eigenvalue weighted by Gasteiger charge is 2.13. The maximum atomic E-state index is 11.6. The summed E-state index contributed by atoms with van der Waals surface area (Å²) in [6.07, 6.45) is -0.742. The normalized spacial score (nSPS) is 13.1. The number of aliphatic hydroxyl groups excluding tert-OH is 1. The van der Waals surface area contributed by atoms with Crippen molar-refractivity contribution in [3.05, 3.63) is 29.8 Å². The monoisotopic (exact) mass is 240 g/mol. The van der Waals surface area contributed by atoms with Crippen LogP contribution in [0.4, 0.5) is 0 Å². The Morgan fingerprint density at radius 1 is 1.44 bits per heavy atom. The number of benzene rings is 1. The molecule has 16 heavy (non-hydrogen) atoms. The third kappa shape index (κ3) is 3.31. The summed E-state index contributed by atoms with van der Waals surface area (Å²) in [4.78, 5) is 0.0761. The highest BCUT2D eigenvalue weighted by atomic mass is 32.2. The van der Waals surface area contributed by atoms with E-state index in [9.17, 15) is 8.42 Å². The van der Waals surface area contributed by atoms with E-state index in [0.717, 1.165) is 0 Å². The van der Waals surface area contributed by atoms with Gasteiger partial charge in [-0.15, -0.1) is 0 Å². The predicted octanol–water partition coefficient (Wildman–Crippen LogP) is 0.217. The molecule has 1 atom stereocenters. The van der Waals surface area contributed by atoms with Crippen LogP contribution in [0.3, 0.4) is 0 Å². The molecule has 0 aliphatic heterocycles. The molecule has 5 nitrogen and oxygen atoms in total. The molecule has 0 aromatic heterocycles. The van der Waals surface area contributed by atoms with E-state index in [1.165, 1.54) is 31.2 Å². The quantitative estimate of drug-likeness (QED) is 0.787. The summed E-state index contributed by atoms with van der Waals surface area (Å²) in [5, 5.41) is 17.5. The van der Waals surface area contributed by atoms with Crippen molar-refractivity contribution < 1.29 is 13.5 Å². The Labute approximate surface area is 94.4 Å². The molecule has 0 spiro atoms. The first-order valence-corrected chi connectivity index (χ1v) is 6.12. The third-order valence-electron chi connectivity index (χ3n) is 1.86. The van der Waals surface area contributed by atoms with E-state index in [0.29, 0.717) is 5.56 Å². The van der Waals surface area contributed by atoms with Crippen LogP contribution in [-0.4, -0.2) is 26.2 Å². The van der Waals surface area contributed by atoms with Gasteiger partial charge >= 0.3 is 0 Å². The zero-order chi connectivity index (χ0) is 12.2. The van der Waals surface area contributed by atoms with Gasteiger partial charge in [0.05, 0.1) is 22.6 Å². The summed E-state index contributed by atoms with van der Waals surface area (Å²) < 4.78 is 25.5. The molecule has 0 amide bonds. The van der Waals surface area contributed by atoms with E-state index in [1.54, 1.807) is 0 Å². The fraction of sp³-hybridized carbons (Fsp3) is 0.300. The van der Waals surface area contributed by atoms with E-state index in [2.05, 4.69) is 4.72 Å². The van der Waals surface area contributed by atoms with Crippen LogP contribution in [0.5, 0.6) is 0 Å². The Hall–Kier alpha value is -1.42. The van der Waals surface area contributed by atoms with Crippen molar-refractivity contribution in [3.8, 4) is 6.07 Å². The zero-order valence-electron chi connectivity index (χ0n) is 8.71. The topological polar surface area (TPSA) is 90.2 Å². The Bertz CT molecular complexity index is 486. The molecule has 1 aromatic rings. The van der Waals surface area contributed by atoms with Gasteiger partial charge in [0.2, 0.25) is 10.0 Å². The summed E-state index contributed by atoms with van der Waals surface area (Å²) in [6, 6.07) is 7.46. The first-order valence-electron chi connectivity index (χ1n) is 4.63. The van der Waals surface area contributed by atoms with Crippen LogP contribution >= 0.6 is 0 Å². The minimum absolute atomic E-state index is 0.0394. The van der Waals surface area contributed by atoms with Crippen molar-refractivity contribution >= 4 is 10.0 Å². The number of sulfonamides is 1. The van der Waals surface area contributed by atoms with Gasteiger partial charge in [-0.2, -0.15) is 5.26 Å². The van der Waals surface area contributed by atoms with E-state index < -0.39 is 16.1 Å². The molecular formula is C10H12N2O3S. The minimum atomic E-state index is -3.60. The van der Waals surface area contributed by atoms with E-state index in [-0.39, 0.29) is 11.4 Å². The standard InChI is InChI=1S/C10H12N2O3S/c1-8(13)7-12-16(14,15)10-4-2-9(6-11)3-5-10/h2-5,8,12-13H,7H2,1H3/t8-/m1/s1. The van der Waals surface area contributed by atoms with Crippen LogP contribution in [0.15, 0.2) is 29.2 Å². The third-order valence-corrected chi connectivity index (χ3v) is 3.30. The first-order chi connectivity index (χ1) is 7.45. The van der Waals surface area contributed by atoms with Crippen molar-refractivity contribution in [1.29, 1.82) is 5.26 Å². The van der Waals surface area contributed by atoms with E-state index >= 15 is 0 Å². The molecule has 1 aromatic carbocycles. The van der Waals surface area contributed by atoms with Crippen molar-refractivity contribution in [2.75, 3.05) is 6.54 Å². The molecule has 0 fully saturated rings. The van der Waals surface area contributed by atoms with Crippen molar-refractivity contribution in [3.63, 3.8) is 0 Å². The first kappa shape index (κ1) is 12.6. The molecule has 6 heteroatoms. The summed E-state index contributed by atoms with van der Waals surface area (Å²) in [6.45, 7) is 1.45. The van der Waals surface area contributed by atoms with Crippen molar-refractivity contribution in [2.24, 2.45) is 0 Å². The zero-order valence-corrected chi connectivity index (χ0v) is 9.53. The number of nitrogens with zero attached hydrogens (tertiary/aromatic N) is 1. The number of nitrogens with one attached hydrogen (secondary N) is 1. The van der Waals surface area contributed by atoms with Gasteiger partial charge in [-0.25, -0.2) is 13.1 Å². The van der Waals surface area contributed by atoms with Gasteiger partial charge < -0.3 is 5.11 Å². The van der Waals surface area contributed by atoms with Crippen LogP contribution in [0.2, 0.25) is 0 Å². The summed E-state index contributed by atoms with van der Waals surface area (Å²) in [7, 11) is -3.60. The molecule has 0 heterocycles. The molecule has 0 aliphatic rings. The fourth-order valence-corrected chi connectivity index (χ4v) is 2.14. The Morgan fingerprint density at radius 3 is 2.44 bits per heavy atom. The highest BCUT2D eigenvalue weighted by Crippen LogP contribution is 2.09. The molecule has 1 rings (SSSR count). The lowest BCUT2D eigenvalue weighted by Crippen LogP contribution is -2.30. The highest BCUT2D eigenvalue weighted by molar-refractivity contribution is 7.89. The maximum Gasteiger partial charge on any atom is 0.240 e. The molecule has 0 aliphatic carbocycles. The number of aliphatic hydroxyl groups is 1. The SMILES string of the molecule is C[C@@H](O)CNS(=O)(=O)c1ccc(C#N)cc1. The summed E-state index contributed by atoms with van der Waals surface area (Å²) in [5.74, 6) is 0.